The molecule has 1 aliphatic heterocycles. The summed E-state index contributed by atoms with van der Waals surface area (Å²) in [6.45, 7) is 3.60. The number of anilines is 1. The zero-order chi connectivity index (χ0) is 19.4. The van der Waals surface area contributed by atoms with Crippen molar-refractivity contribution in [3.63, 3.8) is 0 Å². The molecule has 5 amide bonds. The minimum atomic E-state index is -1.07. The van der Waals surface area contributed by atoms with E-state index in [9.17, 15) is 14.4 Å². The number of hydrogen-bond acceptors (Lipinski definition) is 3. The third-order valence-corrected chi connectivity index (χ3v) is 4.54. The van der Waals surface area contributed by atoms with Gasteiger partial charge in [0.05, 0.1) is 0 Å². The number of nitrogens with zero attached hydrogens (tertiary/aromatic N) is 1. The van der Waals surface area contributed by atoms with Crippen LogP contribution in [0.15, 0.2) is 54.6 Å². The normalized spacial score (nSPS) is 19.0. The minimum absolute atomic E-state index is 0.430. The van der Waals surface area contributed by atoms with Crippen LogP contribution in [-0.2, 0) is 11.2 Å². The molecule has 1 fully saturated rings. The van der Waals surface area contributed by atoms with Crippen LogP contribution in [0.2, 0.25) is 0 Å². The number of hydrazine groups is 1. The molecule has 1 heterocycles. The fourth-order valence-corrected chi connectivity index (χ4v) is 2.89. The van der Waals surface area contributed by atoms with Crippen molar-refractivity contribution in [3.05, 3.63) is 65.7 Å². The molecule has 27 heavy (non-hydrogen) atoms. The van der Waals surface area contributed by atoms with Gasteiger partial charge in [-0.1, -0.05) is 48.0 Å². The number of amides is 5. The molecule has 0 spiro atoms. The van der Waals surface area contributed by atoms with E-state index in [-0.39, 0.29) is 0 Å². The predicted molar refractivity (Wildman–Crippen MR) is 102 cm³/mol. The average Bonchev–Trinajstić information content (AvgIpc) is 2.86. The monoisotopic (exact) mass is 366 g/mol. The largest absolute Gasteiger partial charge is 0.344 e. The molecule has 1 aliphatic rings. The zero-order valence-electron chi connectivity index (χ0n) is 15.3. The third kappa shape index (κ3) is 4.25. The highest BCUT2D eigenvalue weighted by Crippen LogP contribution is 2.22. The van der Waals surface area contributed by atoms with Crippen molar-refractivity contribution in [2.45, 2.75) is 32.2 Å². The van der Waals surface area contributed by atoms with Crippen LogP contribution >= 0.6 is 0 Å². The fraction of sp³-hybridized carbons (Fsp3) is 0.250. The molecule has 0 bridgehead atoms. The van der Waals surface area contributed by atoms with Gasteiger partial charge in [-0.25, -0.2) is 15.0 Å². The van der Waals surface area contributed by atoms with Gasteiger partial charge in [0.15, 0.2) is 0 Å². The predicted octanol–water partition coefficient (Wildman–Crippen LogP) is 2.97. The molecule has 1 unspecified atom stereocenters. The van der Waals surface area contributed by atoms with Crippen molar-refractivity contribution in [2.75, 3.05) is 5.32 Å². The molecule has 0 aromatic heterocycles. The first-order valence-electron chi connectivity index (χ1n) is 8.72. The number of urea groups is 2. The number of nitrogens with one attached hydrogen (secondary N) is 3. The molecular formula is C20H22N4O3. The average molecular weight is 366 g/mol. The summed E-state index contributed by atoms with van der Waals surface area (Å²) >= 11 is 0. The lowest BCUT2D eigenvalue weighted by molar-refractivity contribution is -0.132. The number of imide groups is 1. The first kappa shape index (κ1) is 18.4. The smallest absolute Gasteiger partial charge is 0.322 e. The van der Waals surface area contributed by atoms with Crippen molar-refractivity contribution in [2.24, 2.45) is 0 Å². The number of carbonyl (C=O) groups is 3. The van der Waals surface area contributed by atoms with Gasteiger partial charge in [-0.2, -0.15) is 5.01 Å². The summed E-state index contributed by atoms with van der Waals surface area (Å²) in [5, 5.41) is 6.00. The van der Waals surface area contributed by atoms with Crippen LogP contribution in [0.4, 0.5) is 15.3 Å². The van der Waals surface area contributed by atoms with Gasteiger partial charge >= 0.3 is 12.1 Å². The maximum Gasteiger partial charge on any atom is 0.344 e. The van der Waals surface area contributed by atoms with Crippen molar-refractivity contribution >= 4 is 23.7 Å². The highest BCUT2D eigenvalue weighted by atomic mass is 16.2. The molecule has 0 radical (unpaired) electrons. The quantitative estimate of drug-likeness (QED) is 0.711. The lowest BCUT2D eigenvalue weighted by Gasteiger charge is -2.21. The van der Waals surface area contributed by atoms with Crippen LogP contribution < -0.4 is 16.1 Å². The fourth-order valence-electron chi connectivity index (χ4n) is 2.89. The van der Waals surface area contributed by atoms with Crippen LogP contribution in [0.1, 0.15) is 24.5 Å². The SMILES string of the molecule is Cc1ccc(NC(=O)NN2C(=O)NC(C)(CCc3ccccc3)C2=O)cc1. The lowest BCUT2D eigenvalue weighted by atomic mass is 9.93. The van der Waals surface area contributed by atoms with Crippen LogP contribution in [-0.4, -0.2) is 28.5 Å². The standard InChI is InChI=1S/C20H22N4O3/c1-14-8-10-16(11-9-14)21-18(26)23-24-17(25)20(2,22-19(24)27)13-12-15-6-4-3-5-7-15/h3-11H,12-13H2,1-2H3,(H,22,27)(H2,21,23,26). The van der Waals surface area contributed by atoms with E-state index in [1.54, 1.807) is 19.1 Å². The van der Waals surface area contributed by atoms with Gasteiger partial charge < -0.3 is 10.6 Å². The summed E-state index contributed by atoms with van der Waals surface area (Å²) in [5.41, 5.74) is 3.95. The van der Waals surface area contributed by atoms with E-state index in [1.807, 2.05) is 49.4 Å². The molecular weight excluding hydrogens is 344 g/mol. The summed E-state index contributed by atoms with van der Waals surface area (Å²) in [6, 6.07) is 15.6. The second kappa shape index (κ2) is 7.49. The molecule has 7 heteroatoms. The maximum absolute atomic E-state index is 12.7. The Morgan fingerprint density at radius 2 is 1.74 bits per heavy atom. The van der Waals surface area contributed by atoms with E-state index in [0.717, 1.165) is 16.1 Å². The topological polar surface area (TPSA) is 90.5 Å². The number of aryl methyl sites for hydroxylation is 2. The van der Waals surface area contributed by atoms with Crippen molar-refractivity contribution in [1.82, 2.24) is 15.8 Å². The molecule has 1 saturated heterocycles. The van der Waals surface area contributed by atoms with E-state index in [1.165, 1.54) is 0 Å². The second-order valence-electron chi connectivity index (χ2n) is 6.82. The van der Waals surface area contributed by atoms with Gasteiger partial charge in [0.1, 0.15) is 5.54 Å². The van der Waals surface area contributed by atoms with Gasteiger partial charge in [0.25, 0.3) is 5.91 Å². The molecule has 0 saturated carbocycles. The number of hydrogen-bond donors (Lipinski definition) is 3. The van der Waals surface area contributed by atoms with Gasteiger partial charge in [0, 0.05) is 5.69 Å². The second-order valence-corrected chi connectivity index (χ2v) is 6.82. The summed E-state index contributed by atoms with van der Waals surface area (Å²) in [4.78, 5) is 37.0. The van der Waals surface area contributed by atoms with Gasteiger partial charge in [0.2, 0.25) is 0 Å². The van der Waals surface area contributed by atoms with Gasteiger partial charge in [-0.05, 0) is 44.4 Å². The molecule has 0 aliphatic carbocycles. The van der Waals surface area contributed by atoms with Crippen LogP contribution in [0.5, 0.6) is 0 Å². The Morgan fingerprint density at radius 1 is 1.07 bits per heavy atom. The van der Waals surface area contributed by atoms with Crippen LogP contribution in [0.25, 0.3) is 0 Å². The Morgan fingerprint density at radius 3 is 2.41 bits per heavy atom. The Hall–Kier alpha value is -3.35. The lowest BCUT2D eigenvalue weighted by Crippen LogP contribution is -2.50. The summed E-state index contributed by atoms with van der Waals surface area (Å²) < 4.78 is 0. The summed E-state index contributed by atoms with van der Waals surface area (Å²) in [7, 11) is 0. The summed E-state index contributed by atoms with van der Waals surface area (Å²) in [5.74, 6) is -0.484. The number of carbonyl (C=O) groups excluding carboxylic acids is 3. The molecule has 7 nitrogen and oxygen atoms in total. The van der Waals surface area contributed by atoms with Gasteiger partial charge in [-0.3, -0.25) is 4.79 Å². The number of rotatable bonds is 5. The van der Waals surface area contributed by atoms with Crippen molar-refractivity contribution < 1.29 is 14.4 Å². The molecule has 3 rings (SSSR count). The highest BCUT2D eigenvalue weighted by molar-refractivity contribution is 6.08. The van der Waals surface area contributed by atoms with E-state index >= 15 is 0 Å². The van der Waals surface area contributed by atoms with E-state index in [0.29, 0.717) is 18.5 Å². The Balaban J connectivity index is 1.61. The molecule has 3 N–H and O–H groups in total. The Labute approximate surface area is 157 Å². The Bertz CT molecular complexity index is 851. The maximum atomic E-state index is 12.7. The molecule has 2 aromatic rings. The zero-order valence-corrected chi connectivity index (χ0v) is 15.3. The minimum Gasteiger partial charge on any atom is -0.322 e. The number of benzene rings is 2. The first-order chi connectivity index (χ1) is 12.9. The van der Waals surface area contributed by atoms with Crippen LogP contribution in [0, 0.1) is 6.92 Å². The molecule has 2 aromatic carbocycles. The Kier molecular flexibility index (Phi) is 5.12. The third-order valence-electron chi connectivity index (χ3n) is 4.54. The molecule has 140 valence electrons. The highest BCUT2D eigenvalue weighted by Gasteiger charge is 2.48. The van der Waals surface area contributed by atoms with Gasteiger partial charge in [-0.15, -0.1) is 0 Å². The summed E-state index contributed by atoms with van der Waals surface area (Å²) in [6.07, 6.45) is 1.06. The van der Waals surface area contributed by atoms with E-state index < -0.39 is 23.5 Å². The van der Waals surface area contributed by atoms with E-state index in [4.69, 9.17) is 0 Å². The van der Waals surface area contributed by atoms with Crippen molar-refractivity contribution in [1.29, 1.82) is 0 Å². The first-order valence-corrected chi connectivity index (χ1v) is 8.72. The van der Waals surface area contributed by atoms with Crippen molar-refractivity contribution in [3.8, 4) is 0 Å². The van der Waals surface area contributed by atoms with Crippen LogP contribution in [0.3, 0.4) is 0 Å². The molecule has 1 atom stereocenters. The van der Waals surface area contributed by atoms with E-state index in [2.05, 4.69) is 16.1 Å².